The third-order valence-electron chi connectivity index (χ3n) is 0. The quantitative estimate of drug-likeness (QED) is 0.476. The van der Waals surface area contributed by atoms with Crippen molar-refractivity contribution in [2.45, 2.75) is 14.8 Å². The van der Waals surface area contributed by atoms with E-state index in [2.05, 4.69) is 14.8 Å². The topological polar surface area (TPSA) is 0 Å². The Morgan fingerprint density at radius 3 is 1.00 bits per heavy atom. The third kappa shape index (κ3) is 105. The predicted molar refractivity (Wildman–Crippen MR) is 46.7 cm³/mol. The SMILES string of the molecule is Cl[Si](Cl)Cl.[CH3][Sn]([CH3])[CH3]. The van der Waals surface area contributed by atoms with Gasteiger partial charge in [-0.15, -0.1) is 33.2 Å². The summed E-state index contributed by atoms with van der Waals surface area (Å²) in [6, 6.07) is 0. The van der Waals surface area contributed by atoms with Gasteiger partial charge in [0, 0.05) is 0 Å². The normalized spacial score (nSPS) is 9.00. The molecule has 0 aliphatic heterocycles. The molecule has 50 valence electrons. The van der Waals surface area contributed by atoms with E-state index in [-0.39, 0.29) is 0 Å². The van der Waals surface area contributed by atoms with Gasteiger partial charge >= 0.3 is 41.3 Å². The fourth-order valence-electron chi connectivity index (χ4n) is 0. The first-order valence-electron chi connectivity index (χ1n) is 2.07. The van der Waals surface area contributed by atoms with Gasteiger partial charge in [0.05, 0.1) is 0 Å². The van der Waals surface area contributed by atoms with Crippen LogP contribution in [0, 0.1) is 0 Å². The van der Waals surface area contributed by atoms with Crippen LogP contribution >= 0.6 is 33.2 Å². The third-order valence-corrected chi connectivity index (χ3v) is 0. The van der Waals surface area contributed by atoms with E-state index in [1.807, 2.05) is 0 Å². The number of halogens is 3. The molecule has 0 aromatic rings. The molecule has 0 atom stereocenters. The van der Waals surface area contributed by atoms with Crippen LogP contribution in [0.1, 0.15) is 0 Å². The van der Waals surface area contributed by atoms with Crippen molar-refractivity contribution in [1.29, 1.82) is 0 Å². The van der Waals surface area contributed by atoms with E-state index in [0.29, 0.717) is 0 Å². The van der Waals surface area contributed by atoms with Crippen molar-refractivity contribution in [3.8, 4) is 0 Å². The molecule has 0 N–H and O–H groups in total. The molecule has 5 heteroatoms. The molecule has 2 radical (unpaired) electrons. The Labute approximate surface area is 74.0 Å². The van der Waals surface area contributed by atoms with Crippen LogP contribution in [-0.4, -0.2) is 26.5 Å². The monoisotopic (exact) mass is 298 g/mol. The van der Waals surface area contributed by atoms with E-state index >= 15 is 0 Å². The average Bonchev–Trinajstić information content (AvgIpc) is 1.25. The molecule has 0 saturated heterocycles. The van der Waals surface area contributed by atoms with Gasteiger partial charge in [-0.2, -0.15) is 0 Å². The van der Waals surface area contributed by atoms with Crippen molar-refractivity contribution >= 4 is 59.7 Å². The predicted octanol–water partition coefficient (Wildman–Crippen LogP) is 3.06. The molecule has 8 heavy (non-hydrogen) atoms. The number of rotatable bonds is 0. The molecule has 0 aromatic heterocycles. The van der Waals surface area contributed by atoms with Crippen molar-refractivity contribution in [3.63, 3.8) is 0 Å². The van der Waals surface area contributed by atoms with Crippen molar-refractivity contribution in [2.24, 2.45) is 0 Å². The van der Waals surface area contributed by atoms with Gasteiger partial charge < -0.3 is 0 Å². The first kappa shape index (κ1) is 12.6. The van der Waals surface area contributed by atoms with Gasteiger partial charge in [-0.25, -0.2) is 0 Å². The maximum atomic E-state index is 4.91. The van der Waals surface area contributed by atoms with E-state index in [4.69, 9.17) is 33.2 Å². The first-order valence-corrected chi connectivity index (χ1v) is 15.2. The Kier molecular flexibility index (Phi) is 13.9. The van der Waals surface area contributed by atoms with Crippen molar-refractivity contribution in [3.05, 3.63) is 0 Å². The van der Waals surface area contributed by atoms with E-state index < -0.39 is 26.5 Å². The Morgan fingerprint density at radius 1 is 1.00 bits per heavy atom. The van der Waals surface area contributed by atoms with Gasteiger partial charge in [-0.05, 0) is 0 Å². The molecule has 0 unspecified atom stereocenters. The standard InChI is InChI=1S/3CH3.Cl3Si.Sn/c;;;1-4(2)3;/h3*1H3;;. The molecule has 0 amide bonds. The molecule has 0 aliphatic carbocycles. The zero-order valence-corrected chi connectivity index (χ0v) is 11.3. The van der Waals surface area contributed by atoms with Gasteiger partial charge in [0.15, 0.2) is 0 Å². The van der Waals surface area contributed by atoms with Crippen LogP contribution in [0.15, 0.2) is 0 Å². The zero-order valence-electron chi connectivity index (χ0n) is 5.13. The van der Waals surface area contributed by atoms with Gasteiger partial charge in [0.25, 0.3) is 0 Å². The van der Waals surface area contributed by atoms with Gasteiger partial charge in [0.2, 0.25) is 0 Å². The Hall–Kier alpha value is 1.89. The summed E-state index contributed by atoms with van der Waals surface area (Å²) in [5.74, 6) is 0. The van der Waals surface area contributed by atoms with Crippen LogP contribution in [-0.2, 0) is 0 Å². The van der Waals surface area contributed by atoms with E-state index in [1.165, 1.54) is 0 Å². The second kappa shape index (κ2) is 8.89. The molecule has 0 rings (SSSR count). The van der Waals surface area contributed by atoms with Crippen molar-refractivity contribution < 1.29 is 0 Å². The van der Waals surface area contributed by atoms with Gasteiger partial charge in [0.1, 0.15) is 0 Å². The second-order valence-corrected chi connectivity index (χ2v) is 15.8. The van der Waals surface area contributed by atoms with Crippen molar-refractivity contribution in [2.75, 3.05) is 0 Å². The fourth-order valence-corrected chi connectivity index (χ4v) is 0. The minimum absolute atomic E-state index is 0.543. The first-order chi connectivity index (χ1) is 3.46. The summed E-state index contributed by atoms with van der Waals surface area (Å²) in [5, 5.41) is 0. The summed E-state index contributed by atoms with van der Waals surface area (Å²) in [6.07, 6.45) is 0. The molecule has 0 saturated carbocycles. The zero-order chi connectivity index (χ0) is 7.15. The Balaban J connectivity index is 0. The van der Waals surface area contributed by atoms with Crippen molar-refractivity contribution in [1.82, 2.24) is 0 Å². The number of hydrogen-bond acceptors (Lipinski definition) is 0. The molecule has 0 spiro atoms. The molecule has 0 aliphatic rings. The van der Waals surface area contributed by atoms with E-state index in [0.717, 1.165) is 0 Å². The molecular formula is C3H9Cl3SiSn. The number of hydrogen-bond donors (Lipinski definition) is 0. The van der Waals surface area contributed by atoms with Gasteiger partial charge in [-0.3, -0.25) is 0 Å². The molecular weight excluding hydrogens is 289 g/mol. The fraction of sp³-hybridized carbons (Fsp3) is 1.00. The summed E-state index contributed by atoms with van der Waals surface area (Å²) < 4.78 is 0. The van der Waals surface area contributed by atoms with Crippen LogP contribution in [0.2, 0.25) is 14.8 Å². The Morgan fingerprint density at radius 2 is 1.00 bits per heavy atom. The van der Waals surface area contributed by atoms with Crippen LogP contribution in [0.4, 0.5) is 0 Å². The van der Waals surface area contributed by atoms with E-state index in [1.54, 1.807) is 0 Å². The summed E-state index contributed by atoms with van der Waals surface area (Å²) >= 11 is 14.2. The van der Waals surface area contributed by atoms with Crippen LogP contribution in [0.5, 0.6) is 0 Å². The van der Waals surface area contributed by atoms with Crippen LogP contribution in [0.25, 0.3) is 0 Å². The summed E-state index contributed by atoms with van der Waals surface area (Å²) in [7, 11) is 0. The molecule has 0 bridgehead atoms. The maximum absolute atomic E-state index is 4.91. The summed E-state index contributed by atoms with van der Waals surface area (Å²) in [5.41, 5.74) is 0. The van der Waals surface area contributed by atoms with E-state index in [9.17, 15) is 0 Å². The summed E-state index contributed by atoms with van der Waals surface area (Å²) in [4.78, 5) is 7.09. The minimum atomic E-state index is -1.46. The van der Waals surface area contributed by atoms with Crippen LogP contribution < -0.4 is 0 Å². The van der Waals surface area contributed by atoms with Crippen LogP contribution in [0.3, 0.4) is 0 Å². The molecule has 0 fully saturated rings. The average molecular weight is 298 g/mol. The molecule has 0 heterocycles. The molecule has 0 aromatic carbocycles. The molecule has 0 nitrogen and oxygen atoms in total. The van der Waals surface area contributed by atoms with Gasteiger partial charge in [-0.1, -0.05) is 0 Å². The Bertz CT molecular complexity index is 30.0. The summed E-state index contributed by atoms with van der Waals surface area (Å²) in [6.45, 7) is -1.46. The second-order valence-electron chi connectivity index (χ2n) is 1.71.